The first-order chi connectivity index (χ1) is 11.6. The highest BCUT2D eigenvalue weighted by atomic mass is 32.1. The molecular formula is C17H22N4O2S. The molecule has 0 saturated carbocycles. The van der Waals surface area contributed by atoms with Gasteiger partial charge in [-0.25, -0.2) is 9.78 Å². The van der Waals surface area contributed by atoms with Crippen molar-refractivity contribution in [2.24, 2.45) is 0 Å². The summed E-state index contributed by atoms with van der Waals surface area (Å²) in [5.41, 5.74) is 3.20. The van der Waals surface area contributed by atoms with Gasteiger partial charge in [-0.3, -0.25) is 0 Å². The van der Waals surface area contributed by atoms with Gasteiger partial charge in [0, 0.05) is 24.2 Å². The van der Waals surface area contributed by atoms with Crippen molar-refractivity contribution in [2.75, 3.05) is 32.6 Å². The molecule has 6 nitrogen and oxygen atoms in total. The molecule has 1 saturated heterocycles. The van der Waals surface area contributed by atoms with Crippen LogP contribution >= 0.6 is 11.3 Å². The molecule has 0 atom stereocenters. The monoisotopic (exact) mass is 346 g/mol. The number of nitrogens with zero attached hydrogens (tertiary/aromatic N) is 3. The standard InChI is InChI=1S/C17H22N4O2S/c1-20(2)11-16-19-15(12-24-16)9-18-14-5-3-13(4-6-14)10-21-7-8-23-17(21)22/h3-6,12,18H,7-11H2,1-2H3. The number of benzene rings is 1. The highest BCUT2D eigenvalue weighted by Gasteiger charge is 2.21. The number of anilines is 1. The zero-order chi connectivity index (χ0) is 16.9. The molecular weight excluding hydrogens is 324 g/mol. The molecule has 0 aliphatic carbocycles. The van der Waals surface area contributed by atoms with Crippen molar-refractivity contribution >= 4 is 23.1 Å². The van der Waals surface area contributed by atoms with Crippen molar-refractivity contribution in [2.45, 2.75) is 19.6 Å². The second kappa shape index (κ2) is 7.63. The molecule has 0 radical (unpaired) electrons. The Bertz CT molecular complexity index is 684. The van der Waals surface area contributed by atoms with Gasteiger partial charge in [0.05, 0.1) is 18.8 Å². The van der Waals surface area contributed by atoms with Crippen LogP contribution in [0.4, 0.5) is 10.5 Å². The molecule has 0 bridgehead atoms. The summed E-state index contributed by atoms with van der Waals surface area (Å²) in [6.45, 7) is 3.33. The summed E-state index contributed by atoms with van der Waals surface area (Å²) < 4.78 is 4.94. The molecule has 1 amide bonds. The Morgan fingerprint density at radius 1 is 1.33 bits per heavy atom. The van der Waals surface area contributed by atoms with Gasteiger partial charge in [0.25, 0.3) is 0 Å². The number of amides is 1. The molecule has 2 aromatic rings. The number of ether oxygens (including phenoxy) is 1. The molecule has 2 heterocycles. The Hall–Kier alpha value is -2.12. The minimum absolute atomic E-state index is 0.228. The summed E-state index contributed by atoms with van der Waals surface area (Å²) in [4.78, 5) is 19.9. The lowest BCUT2D eigenvalue weighted by Gasteiger charge is -2.13. The summed E-state index contributed by atoms with van der Waals surface area (Å²) in [7, 11) is 4.09. The van der Waals surface area contributed by atoms with E-state index < -0.39 is 0 Å². The lowest BCUT2D eigenvalue weighted by molar-refractivity contribution is 0.157. The van der Waals surface area contributed by atoms with Crippen molar-refractivity contribution in [3.05, 3.63) is 45.9 Å². The van der Waals surface area contributed by atoms with Gasteiger partial charge in [-0.1, -0.05) is 12.1 Å². The van der Waals surface area contributed by atoms with E-state index in [-0.39, 0.29) is 6.09 Å². The van der Waals surface area contributed by atoms with E-state index in [1.807, 2.05) is 38.4 Å². The Balaban J connectivity index is 1.50. The molecule has 1 N–H and O–H groups in total. The second-order valence-electron chi connectivity index (χ2n) is 6.06. The number of nitrogens with one attached hydrogen (secondary N) is 1. The quantitative estimate of drug-likeness (QED) is 0.835. The Labute approximate surface area is 146 Å². The average molecular weight is 346 g/mol. The molecule has 1 aromatic carbocycles. The minimum atomic E-state index is -0.228. The minimum Gasteiger partial charge on any atom is -0.448 e. The Morgan fingerprint density at radius 3 is 2.79 bits per heavy atom. The van der Waals surface area contributed by atoms with Crippen LogP contribution in [-0.2, 0) is 24.4 Å². The van der Waals surface area contributed by atoms with Crippen LogP contribution in [0, 0.1) is 0 Å². The average Bonchev–Trinajstić information content (AvgIpc) is 3.16. The van der Waals surface area contributed by atoms with Crippen LogP contribution in [0.25, 0.3) is 0 Å². The fourth-order valence-electron chi connectivity index (χ4n) is 2.48. The second-order valence-corrected chi connectivity index (χ2v) is 7.00. The summed E-state index contributed by atoms with van der Waals surface area (Å²) in [6, 6.07) is 8.13. The fraction of sp³-hybridized carbons (Fsp3) is 0.412. The van der Waals surface area contributed by atoms with E-state index in [1.165, 1.54) is 0 Å². The van der Waals surface area contributed by atoms with Crippen molar-refractivity contribution in [3.63, 3.8) is 0 Å². The summed E-state index contributed by atoms with van der Waals surface area (Å²) >= 11 is 1.69. The zero-order valence-electron chi connectivity index (χ0n) is 14.0. The number of hydrogen-bond acceptors (Lipinski definition) is 6. The number of aromatic nitrogens is 1. The lowest BCUT2D eigenvalue weighted by Crippen LogP contribution is -2.23. The van der Waals surface area contributed by atoms with Crippen LogP contribution in [0.15, 0.2) is 29.6 Å². The molecule has 1 aromatic heterocycles. The van der Waals surface area contributed by atoms with E-state index in [1.54, 1.807) is 16.2 Å². The third kappa shape index (κ3) is 4.46. The summed E-state index contributed by atoms with van der Waals surface area (Å²) in [5.74, 6) is 0. The molecule has 0 spiro atoms. The number of carbonyl (C=O) groups is 1. The highest BCUT2D eigenvalue weighted by Crippen LogP contribution is 2.16. The van der Waals surface area contributed by atoms with Crippen molar-refractivity contribution in [1.82, 2.24) is 14.8 Å². The third-order valence-electron chi connectivity index (χ3n) is 3.70. The van der Waals surface area contributed by atoms with E-state index >= 15 is 0 Å². The summed E-state index contributed by atoms with van der Waals surface area (Å²) in [6.07, 6.45) is -0.228. The Morgan fingerprint density at radius 2 is 2.12 bits per heavy atom. The van der Waals surface area contributed by atoms with Gasteiger partial charge in [-0.2, -0.15) is 0 Å². The number of cyclic esters (lactones) is 1. The summed E-state index contributed by atoms with van der Waals surface area (Å²) in [5, 5.41) is 6.61. The fourth-order valence-corrected chi connectivity index (χ4v) is 3.39. The molecule has 3 rings (SSSR count). The van der Waals surface area contributed by atoms with Gasteiger partial charge in [0.1, 0.15) is 11.6 Å². The van der Waals surface area contributed by atoms with Gasteiger partial charge in [-0.05, 0) is 31.8 Å². The van der Waals surface area contributed by atoms with Crippen molar-refractivity contribution in [1.29, 1.82) is 0 Å². The van der Waals surface area contributed by atoms with Crippen molar-refractivity contribution < 1.29 is 9.53 Å². The number of carbonyl (C=O) groups excluding carboxylic acids is 1. The Kier molecular flexibility index (Phi) is 5.32. The molecule has 1 fully saturated rings. The van der Waals surface area contributed by atoms with E-state index in [2.05, 4.69) is 20.6 Å². The highest BCUT2D eigenvalue weighted by molar-refractivity contribution is 7.09. The molecule has 1 aliphatic rings. The first-order valence-corrected chi connectivity index (χ1v) is 8.80. The largest absolute Gasteiger partial charge is 0.448 e. The topological polar surface area (TPSA) is 57.7 Å². The van der Waals surface area contributed by atoms with Crippen molar-refractivity contribution in [3.8, 4) is 0 Å². The third-order valence-corrected chi connectivity index (χ3v) is 4.58. The van der Waals surface area contributed by atoms with E-state index in [9.17, 15) is 4.79 Å². The van der Waals surface area contributed by atoms with Crippen LogP contribution in [-0.4, -0.2) is 48.1 Å². The van der Waals surface area contributed by atoms with Gasteiger partial charge in [-0.15, -0.1) is 11.3 Å². The zero-order valence-corrected chi connectivity index (χ0v) is 14.8. The van der Waals surface area contributed by atoms with Gasteiger partial charge in [0.15, 0.2) is 0 Å². The predicted molar refractivity (Wildman–Crippen MR) is 95.0 cm³/mol. The number of thiazole rings is 1. The first kappa shape index (κ1) is 16.7. The maximum Gasteiger partial charge on any atom is 0.410 e. The molecule has 1 aliphatic heterocycles. The number of rotatable bonds is 7. The van der Waals surface area contributed by atoms with Gasteiger partial charge in [0.2, 0.25) is 0 Å². The van der Waals surface area contributed by atoms with Crippen LogP contribution in [0.2, 0.25) is 0 Å². The van der Waals surface area contributed by atoms with Gasteiger partial charge < -0.3 is 19.9 Å². The van der Waals surface area contributed by atoms with E-state index in [4.69, 9.17) is 4.74 Å². The SMILES string of the molecule is CN(C)Cc1nc(CNc2ccc(CN3CCOC3=O)cc2)cs1. The number of hydrogen-bond donors (Lipinski definition) is 1. The first-order valence-electron chi connectivity index (χ1n) is 7.92. The molecule has 7 heteroatoms. The molecule has 128 valence electrons. The normalized spacial score (nSPS) is 14.3. The van der Waals surface area contributed by atoms with Crippen LogP contribution < -0.4 is 5.32 Å². The molecule has 0 unspecified atom stereocenters. The lowest BCUT2D eigenvalue weighted by atomic mass is 10.2. The van der Waals surface area contributed by atoms with Crippen LogP contribution in [0.3, 0.4) is 0 Å². The maximum absolute atomic E-state index is 11.5. The van der Waals surface area contributed by atoms with E-state index in [0.717, 1.165) is 28.5 Å². The van der Waals surface area contributed by atoms with Crippen LogP contribution in [0.5, 0.6) is 0 Å². The molecule has 24 heavy (non-hydrogen) atoms. The predicted octanol–water partition coefficient (Wildman–Crippen LogP) is 2.77. The van der Waals surface area contributed by atoms with E-state index in [0.29, 0.717) is 26.2 Å². The smallest absolute Gasteiger partial charge is 0.410 e. The maximum atomic E-state index is 11.5. The van der Waals surface area contributed by atoms with Crippen LogP contribution in [0.1, 0.15) is 16.3 Å². The van der Waals surface area contributed by atoms with Gasteiger partial charge >= 0.3 is 6.09 Å².